The summed E-state index contributed by atoms with van der Waals surface area (Å²) in [5.74, 6) is 2.53. The number of carbonyl (C=O) groups is 1. The van der Waals surface area contributed by atoms with Crippen molar-refractivity contribution in [2.75, 3.05) is 17.2 Å². The standard InChI is InChI=1S/C14H15N3O4/c1-3-5-9(4-2)15-10-6-11-13(7-12(10)17(19)20)21-8-14(18)16-11/h2,6-7,9,15H,3,5,8H2,1H3,(H,16,18). The van der Waals surface area contributed by atoms with Gasteiger partial charge in [-0.2, -0.15) is 0 Å². The number of ether oxygens (including phenoxy) is 1. The summed E-state index contributed by atoms with van der Waals surface area (Å²) in [6.45, 7) is 1.82. The van der Waals surface area contributed by atoms with Crippen LogP contribution in [0, 0.1) is 22.5 Å². The first-order chi connectivity index (χ1) is 10.0. The third-order valence-corrected chi connectivity index (χ3v) is 3.04. The number of benzene rings is 1. The number of nitrogens with zero attached hydrogens (tertiary/aromatic N) is 1. The van der Waals surface area contributed by atoms with Crippen LogP contribution in [0.5, 0.6) is 5.75 Å². The molecule has 0 fully saturated rings. The normalized spacial score (nSPS) is 14.2. The van der Waals surface area contributed by atoms with E-state index in [9.17, 15) is 14.9 Å². The van der Waals surface area contributed by atoms with Gasteiger partial charge in [-0.15, -0.1) is 6.42 Å². The molecular weight excluding hydrogens is 274 g/mol. The Morgan fingerprint density at radius 2 is 2.38 bits per heavy atom. The highest BCUT2D eigenvalue weighted by molar-refractivity contribution is 5.96. The zero-order valence-electron chi connectivity index (χ0n) is 11.5. The molecule has 1 amide bonds. The Hall–Kier alpha value is -2.75. The molecule has 0 spiro atoms. The van der Waals surface area contributed by atoms with Crippen LogP contribution in [0.4, 0.5) is 17.1 Å². The van der Waals surface area contributed by atoms with Crippen LogP contribution in [0.1, 0.15) is 19.8 Å². The van der Waals surface area contributed by atoms with Gasteiger partial charge in [0.05, 0.1) is 22.7 Å². The molecule has 110 valence electrons. The first-order valence-corrected chi connectivity index (χ1v) is 6.53. The Bertz CT molecular complexity index is 621. The summed E-state index contributed by atoms with van der Waals surface area (Å²) in [4.78, 5) is 22.0. The SMILES string of the molecule is C#CC(CCC)Nc1cc2c(cc1[N+](=O)[O-])OCC(=O)N2. The van der Waals surface area contributed by atoms with Crippen molar-refractivity contribution >= 4 is 23.0 Å². The van der Waals surface area contributed by atoms with Gasteiger partial charge in [-0.05, 0) is 12.5 Å². The number of nitro benzene ring substituents is 1. The number of rotatable bonds is 5. The molecule has 2 rings (SSSR count). The van der Waals surface area contributed by atoms with Gasteiger partial charge in [-0.3, -0.25) is 14.9 Å². The molecule has 1 aromatic carbocycles. The first kappa shape index (κ1) is 14.7. The molecule has 0 saturated heterocycles. The van der Waals surface area contributed by atoms with E-state index in [1.54, 1.807) is 0 Å². The third-order valence-electron chi connectivity index (χ3n) is 3.04. The van der Waals surface area contributed by atoms with Crippen LogP contribution in [0.2, 0.25) is 0 Å². The van der Waals surface area contributed by atoms with Crippen molar-refractivity contribution in [2.24, 2.45) is 0 Å². The predicted octanol–water partition coefficient (Wildman–Crippen LogP) is 2.14. The molecule has 1 heterocycles. The van der Waals surface area contributed by atoms with Gasteiger partial charge in [0, 0.05) is 0 Å². The molecule has 0 bridgehead atoms. The van der Waals surface area contributed by atoms with Crippen LogP contribution in [-0.2, 0) is 4.79 Å². The van der Waals surface area contributed by atoms with Crippen molar-refractivity contribution < 1.29 is 14.5 Å². The molecule has 1 unspecified atom stereocenters. The molecule has 1 aromatic rings. The Kier molecular flexibility index (Phi) is 4.28. The van der Waals surface area contributed by atoms with Gasteiger partial charge in [-0.25, -0.2) is 0 Å². The monoisotopic (exact) mass is 289 g/mol. The molecule has 7 heteroatoms. The number of nitrogens with one attached hydrogen (secondary N) is 2. The fourth-order valence-corrected chi connectivity index (χ4v) is 2.06. The van der Waals surface area contributed by atoms with Gasteiger partial charge in [0.15, 0.2) is 12.4 Å². The van der Waals surface area contributed by atoms with E-state index < -0.39 is 4.92 Å². The third kappa shape index (κ3) is 3.23. The largest absolute Gasteiger partial charge is 0.481 e. The van der Waals surface area contributed by atoms with Crippen molar-refractivity contribution in [3.8, 4) is 18.1 Å². The highest BCUT2D eigenvalue weighted by atomic mass is 16.6. The molecule has 0 aromatic heterocycles. The minimum absolute atomic E-state index is 0.138. The summed E-state index contributed by atoms with van der Waals surface area (Å²) in [5, 5.41) is 16.7. The van der Waals surface area contributed by atoms with Gasteiger partial charge in [-0.1, -0.05) is 19.3 Å². The van der Waals surface area contributed by atoms with E-state index in [1.165, 1.54) is 12.1 Å². The number of nitro groups is 1. The second kappa shape index (κ2) is 6.13. The summed E-state index contributed by atoms with van der Waals surface area (Å²) in [6, 6.07) is 2.45. The highest BCUT2D eigenvalue weighted by Gasteiger charge is 2.24. The van der Waals surface area contributed by atoms with Crippen molar-refractivity contribution in [1.29, 1.82) is 0 Å². The summed E-state index contributed by atoms with van der Waals surface area (Å²) in [5.41, 5.74) is 0.522. The maximum Gasteiger partial charge on any atom is 0.296 e. The van der Waals surface area contributed by atoms with Crippen molar-refractivity contribution in [1.82, 2.24) is 0 Å². The minimum Gasteiger partial charge on any atom is -0.481 e. The van der Waals surface area contributed by atoms with E-state index in [0.717, 1.165) is 6.42 Å². The molecule has 1 aliphatic heterocycles. The lowest BCUT2D eigenvalue weighted by molar-refractivity contribution is -0.384. The maximum absolute atomic E-state index is 11.3. The second-order valence-electron chi connectivity index (χ2n) is 4.61. The number of carbonyl (C=O) groups excluding carboxylic acids is 1. The van der Waals surface area contributed by atoms with E-state index in [1.807, 2.05) is 6.92 Å². The second-order valence-corrected chi connectivity index (χ2v) is 4.61. The number of amides is 1. The lowest BCUT2D eigenvalue weighted by Gasteiger charge is -2.20. The number of hydrogen-bond acceptors (Lipinski definition) is 5. The summed E-state index contributed by atoms with van der Waals surface area (Å²) >= 11 is 0. The predicted molar refractivity (Wildman–Crippen MR) is 78.4 cm³/mol. The smallest absolute Gasteiger partial charge is 0.296 e. The van der Waals surface area contributed by atoms with Gasteiger partial charge in [0.2, 0.25) is 0 Å². The Balaban J connectivity index is 2.38. The Morgan fingerprint density at radius 1 is 1.62 bits per heavy atom. The number of fused-ring (bicyclic) bond motifs is 1. The lowest BCUT2D eigenvalue weighted by Crippen LogP contribution is -2.26. The summed E-state index contributed by atoms with van der Waals surface area (Å²) in [6.07, 6.45) is 6.95. The van der Waals surface area contributed by atoms with Crippen LogP contribution in [-0.4, -0.2) is 23.5 Å². The quantitative estimate of drug-likeness (QED) is 0.492. The lowest BCUT2D eigenvalue weighted by atomic mass is 10.1. The van der Waals surface area contributed by atoms with E-state index in [2.05, 4.69) is 16.6 Å². The van der Waals surface area contributed by atoms with Crippen molar-refractivity contribution in [3.05, 3.63) is 22.2 Å². The topological polar surface area (TPSA) is 93.5 Å². The molecule has 0 saturated carbocycles. The van der Waals surface area contributed by atoms with Crippen LogP contribution in [0.25, 0.3) is 0 Å². The molecule has 1 aliphatic rings. The Labute approximate surface area is 121 Å². The van der Waals surface area contributed by atoms with Gasteiger partial charge in [0.25, 0.3) is 11.6 Å². The number of hydrogen-bond donors (Lipinski definition) is 2. The van der Waals surface area contributed by atoms with Crippen LogP contribution in [0.15, 0.2) is 12.1 Å². The van der Waals surface area contributed by atoms with E-state index in [-0.39, 0.29) is 35.7 Å². The summed E-state index contributed by atoms with van der Waals surface area (Å²) in [7, 11) is 0. The van der Waals surface area contributed by atoms with Crippen molar-refractivity contribution in [3.63, 3.8) is 0 Å². The van der Waals surface area contributed by atoms with E-state index >= 15 is 0 Å². The summed E-state index contributed by atoms with van der Waals surface area (Å²) < 4.78 is 5.18. The molecule has 0 radical (unpaired) electrons. The van der Waals surface area contributed by atoms with E-state index in [4.69, 9.17) is 11.2 Å². The fourth-order valence-electron chi connectivity index (χ4n) is 2.06. The highest BCUT2D eigenvalue weighted by Crippen LogP contribution is 2.38. The molecule has 0 aliphatic carbocycles. The molecule has 2 N–H and O–H groups in total. The zero-order valence-corrected chi connectivity index (χ0v) is 11.5. The first-order valence-electron chi connectivity index (χ1n) is 6.53. The van der Waals surface area contributed by atoms with Gasteiger partial charge in [0.1, 0.15) is 5.69 Å². The van der Waals surface area contributed by atoms with Gasteiger partial charge >= 0.3 is 0 Å². The zero-order chi connectivity index (χ0) is 15.4. The number of terminal acetylenes is 1. The molecule has 7 nitrogen and oxygen atoms in total. The van der Waals surface area contributed by atoms with E-state index in [0.29, 0.717) is 12.1 Å². The minimum atomic E-state index is -0.512. The van der Waals surface area contributed by atoms with Crippen LogP contribution < -0.4 is 15.4 Å². The molecule has 1 atom stereocenters. The van der Waals surface area contributed by atoms with Crippen LogP contribution in [0.3, 0.4) is 0 Å². The fraction of sp³-hybridized carbons (Fsp3) is 0.357. The Morgan fingerprint density at radius 3 is 3.00 bits per heavy atom. The van der Waals surface area contributed by atoms with Crippen LogP contribution >= 0.6 is 0 Å². The molecule has 21 heavy (non-hydrogen) atoms. The maximum atomic E-state index is 11.3. The van der Waals surface area contributed by atoms with Gasteiger partial charge < -0.3 is 15.4 Å². The molecular formula is C14H15N3O4. The average Bonchev–Trinajstić information content (AvgIpc) is 2.45. The number of anilines is 2. The average molecular weight is 289 g/mol. The van der Waals surface area contributed by atoms with Crippen molar-refractivity contribution in [2.45, 2.75) is 25.8 Å².